The van der Waals surface area contributed by atoms with Gasteiger partial charge in [-0.3, -0.25) is 18.7 Å². The van der Waals surface area contributed by atoms with E-state index in [9.17, 15) is 48.6 Å². The number of hydrogen-bond donors (Lipinski definition) is 2. The molecule has 0 aliphatic carbocycles. The Kier molecular flexibility index (Phi) is 18.0. The number of β-amino-alcohol motifs (C(OH)–C–C–N with tert-alkyl or cyclic N) is 1. The van der Waals surface area contributed by atoms with Gasteiger partial charge < -0.3 is 47.5 Å². The number of thiophene rings is 2. The number of oxazole rings is 2. The van der Waals surface area contributed by atoms with Crippen molar-refractivity contribution >= 4 is 75.5 Å². The van der Waals surface area contributed by atoms with E-state index in [1.807, 2.05) is 30.3 Å². The number of aryl methyl sites for hydroxylation is 2. The lowest BCUT2D eigenvalue weighted by Crippen LogP contribution is -2.59. The highest BCUT2D eigenvalue weighted by Crippen LogP contribution is 2.41. The van der Waals surface area contributed by atoms with E-state index in [-0.39, 0.29) is 58.8 Å². The Balaban J connectivity index is 0.000000218. The van der Waals surface area contributed by atoms with Crippen LogP contribution in [0.3, 0.4) is 0 Å². The molecule has 6 aromatic heterocycles. The van der Waals surface area contributed by atoms with Crippen molar-refractivity contribution in [3.63, 3.8) is 0 Å². The Labute approximate surface area is 520 Å². The molecule has 0 saturated carbocycles. The number of carbonyl (C=O) groups excluding carboxylic acids is 3. The van der Waals surface area contributed by atoms with Crippen LogP contribution in [-0.2, 0) is 52.4 Å². The molecule has 2 amide bonds. The molecule has 8 aromatic rings. The van der Waals surface area contributed by atoms with Crippen LogP contribution in [0.4, 0.5) is 9.59 Å². The van der Waals surface area contributed by atoms with Crippen LogP contribution in [0, 0.1) is 13.8 Å². The van der Waals surface area contributed by atoms with Crippen LogP contribution >= 0.6 is 22.7 Å². The number of nitrogens with zero attached hydrogens (tertiary/aromatic N) is 8. The lowest BCUT2D eigenvalue weighted by molar-refractivity contribution is -0.164. The lowest BCUT2D eigenvalue weighted by Gasteiger charge is -2.46. The zero-order valence-corrected chi connectivity index (χ0v) is 54.8. The summed E-state index contributed by atoms with van der Waals surface area (Å²) in [7, 11) is -2.03. The maximum absolute atomic E-state index is 14.6. The molecule has 10 rings (SSSR count). The highest BCUT2D eigenvalue weighted by atomic mass is 32.1. The molecule has 474 valence electrons. The molecule has 0 unspecified atom stereocenters. The van der Waals surface area contributed by atoms with Crippen molar-refractivity contribution < 1.29 is 56.9 Å². The number of benzene rings is 2. The largest absolute Gasteiger partial charge is 0.480 e. The molecule has 2 atom stereocenters. The fraction of sp³-hybridized carbons (Fsp3) is 0.452. The number of amides is 2. The summed E-state index contributed by atoms with van der Waals surface area (Å²) in [6.45, 7) is 25.7. The standard InChI is InChI=1S/C36H48N4O8SSi.C26H26N4O8S/c1-22-26-29(41)40(36(8,9)31(42)47-34(2,3)4)32(43)39(30(26)49-27(22)28-37-17-18-45-28)21-25(23-15-13-12-14-16-23)46-33(44)38-19-24(20-38)48-50(10,11)35(5,6)7;1-14-18-21(32)30(26(2,3)23(33)34)24(35)29(22(18)39-19(14)20-27-9-10-37-20)13-17(15-7-5-4-6-8-15)38-25(36)28-11-16(31)12-28/h12-18,24-25H,19-21H2,1-11H3;4-10,16-17,31H,11-13H2,1-3H3,(H,33,34)/t25-;17-/m00/s1. The van der Waals surface area contributed by atoms with Crippen LogP contribution in [0.2, 0.25) is 18.1 Å². The van der Waals surface area contributed by atoms with Gasteiger partial charge in [0, 0.05) is 0 Å². The average Bonchev–Trinajstić information content (AvgIpc) is 1.70. The molecule has 0 spiro atoms. The number of rotatable bonds is 16. The first-order valence-electron chi connectivity index (χ1n) is 28.8. The van der Waals surface area contributed by atoms with Crippen LogP contribution in [0.1, 0.15) is 104 Å². The number of aliphatic hydroxyl groups excluding tert-OH is 1. The molecule has 2 aliphatic heterocycles. The second-order valence-electron chi connectivity index (χ2n) is 25.7. The molecule has 27 heteroatoms. The molecule has 2 aliphatic rings. The number of carboxylic acid groups (broad SMARTS) is 1. The van der Waals surface area contributed by atoms with E-state index in [1.54, 1.807) is 69.9 Å². The van der Waals surface area contributed by atoms with Crippen molar-refractivity contribution in [1.29, 1.82) is 0 Å². The third-order valence-corrected chi connectivity index (χ3v) is 23.4. The van der Waals surface area contributed by atoms with Gasteiger partial charge in [0.25, 0.3) is 11.1 Å². The Hall–Kier alpha value is -8.24. The SMILES string of the molecule is Cc1c(-c2ncco2)sc2c1c(=O)n(C(C)(C)C(=O)O)c(=O)n2C[C@H](OC(=O)N1CC(O)C1)c1ccccc1.Cc1c(-c2ncco2)sc2c1c(=O)n(C(C)(C)C(=O)OC(C)(C)C)c(=O)n2C[C@H](OC(=O)N1CC(O[Si](C)(C)C(C)(C)C)C1)c1ccccc1. The second kappa shape index (κ2) is 24.6. The van der Waals surface area contributed by atoms with E-state index in [1.165, 1.54) is 78.0 Å². The first-order valence-corrected chi connectivity index (χ1v) is 33.4. The molecule has 8 heterocycles. The van der Waals surface area contributed by atoms with Crippen LogP contribution in [0.15, 0.2) is 114 Å². The minimum Gasteiger partial charge on any atom is -0.480 e. The van der Waals surface area contributed by atoms with Gasteiger partial charge in [-0.05, 0) is 103 Å². The number of fused-ring (bicyclic) bond motifs is 2. The number of carbonyl (C=O) groups is 4. The third kappa shape index (κ3) is 13.0. The molecule has 2 saturated heterocycles. The number of aromatic nitrogens is 6. The van der Waals surface area contributed by atoms with E-state index in [0.29, 0.717) is 60.4 Å². The summed E-state index contributed by atoms with van der Waals surface area (Å²) in [6.07, 6.45) is 1.96. The Morgan fingerprint density at radius 3 is 1.40 bits per heavy atom. The number of carboxylic acids is 1. The average molecular weight is 1280 g/mol. The van der Waals surface area contributed by atoms with Gasteiger partial charge in [-0.1, -0.05) is 81.4 Å². The summed E-state index contributed by atoms with van der Waals surface area (Å²) < 4.78 is 39.4. The summed E-state index contributed by atoms with van der Waals surface area (Å²) in [5.41, 5.74) is -5.19. The predicted octanol–water partition coefficient (Wildman–Crippen LogP) is 9.41. The molecule has 0 bridgehead atoms. The van der Waals surface area contributed by atoms with Crippen LogP contribution in [0.25, 0.3) is 42.0 Å². The van der Waals surface area contributed by atoms with Gasteiger partial charge in [0.2, 0.25) is 11.8 Å². The van der Waals surface area contributed by atoms with E-state index in [0.717, 1.165) is 15.9 Å². The summed E-state index contributed by atoms with van der Waals surface area (Å²) in [5.74, 6) is -1.57. The topological polar surface area (TPSA) is 292 Å². The fourth-order valence-corrected chi connectivity index (χ4v) is 13.8. The van der Waals surface area contributed by atoms with Gasteiger partial charge in [0.05, 0.1) is 84.4 Å². The van der Waals surface area contributed by atoms with E-state index in [2.05, 4.69) is 43.8 Å². The molecule has 0 radical (unpaired) electrons. The van der Waals surface area contributed by atoms with Crippen molar-refractivity contribution in [2.45, 2.75) is 155 Å². The number of likely N-dealkylation sites (tertiary alicyclic amines) is 2. The highest BCUT2D eigenvalue weighted by Gasteiger charge is 2.45. The molecule has 2 aromatic carbocycles. The number of aliphatic carboxylic acids is 1. The summed E-state index contributed by atoms with van der Waals surface area (Å²) in [5, 5.41) is 19.9. The number of esters is 1. The number of aliphatic hydroxyl groups is 1. The maximum Gasteiger partial charge on any atom is 0.410 e. The van der Waals surface area contributed by atoms with Gasteiger partial charge in [0.1, 0.15) is 51.1 Å². The molecule has 2 fully saturated rings. The van der Waals surface area contributed by atoms with Crippen LogP contribution < -0.4 is 22.5 Å². The molecular formula is C62H74N8O16S2Si. The molecule has 24 nitrogen and oxygen atoms in total. The Bertz CT molecular complexity index is 4200. The van der Waals surface area contributed by atoms with Gasteiger partial charge in [0.15, 0.2) is 8.32 Å². The van der Waals surface area contributed by atoms with E-state index in [4.69, 9.17) is 27.5 Å². The zero-order chi connectivity index (χ0) is 65.0. The van der Waals surface area contributed by atoms with E-state index < -0.39 is 89.9 Å². The quantitative estimate of drug-likeness (QED) is 0.0517. The molecular weight excluding hydrogens is 1200 g/mol. The Morgan fingerprint density at radius 1 is 0.640 bits per heavy atom. The summed E-state index contributed by atoms with van der Waals surface area (Å²) >= 11 is 2.28. The highest BCUT2D eigenvalue weighted by molar-refractivity contribution is 7.22. The van der Waals surface area contributed by atoms with Crippen molar-refractivity contribution in [1.82, 2.24) is 38.0 Å². The maximum atomic E-state index is 14.6. The number of hydrogen-bond acceptors (Lipinski definition) is 19. The van der Waals surface area contributed by atoms with Crippen molar-refractivity contribution in [2.24, 2.45) is 0 Å². The lowest BCUT2D eigenvalue weighted by atomic mass is 10.0. The van der Waals surface area contributed by atoms with Gasteiger partial charge in [-0.25, -0.2) is 47.9 Å². The first kappa shape index (κ1) is 65.2. The zero-order valence-electron chi connectivity index (χ0n) is 52.1. The fourth-order valence-electron chi connectivity index (χ4n) is 10.0. The minimum absolute atomic E-state index is 0.0342. The minimum atomic E-state index is -2.03. The van der Waals surface area contributed by atoms with Gasteiger partial charge >= 0.3 is 35.5 Å². The third-order valence-electron chi connectivity index (χ3n) is 16.2. The molecule has 89 heavy (non-hydrogen) atoms. The van der Waals surface area contributed by atoms with Crippen LogP contribution in [-0.4, -0.2) is 125 Å². The normalized spacial score (nSPS) is 15.0. The number of ether oxygens (including phenoxy) is 3. The summed E-state index contributed by atoms with van der Waals surface area (Å²) in [6, 6.07) is 17.9. The van der Waals surface area contributed by atoms with Crippen LogP contribution in [0.5, 0.6) is 0 Å². The van der Waals surface area contributed by atoms with Gasteiger partial charge in [-0.15, -0.1) is 22.7 Å². The summed E-state index contributed by atoms with van der Waals surface area (Å²) in [4.78, 5) is 122. The first-order chi connectivity index (χ1) is 41.6. The Morgan fingerprint density at radius 2 is 1.04 bits per heavy atom. The predicted molar refractivity (Wildman–Crippen MR) is 336 cm³/mol. The molecule has 2 N–H and O–H groups in total. The second-order valence-corrected chi connectivity index (χ2v) is 32.4. The van der Waals surface area contributed by atoms with Crippen molar-refractivity contribution in [3.05, 3.63) is 150 Å². The monoisotopic (exact) mass is 1280 g/mol. The smallest absolute Gasteiger partial charge is 0.410 e. The van der Waals surface area contributed by atoms with Crippen molar-refractivity contribution in [2.75, 3.05) is 26.2 Å². The van der Waals surface area contributed by atoms with E-state index >= 15 is 0 Å². The van der Waals surface area contributed by atoms with Gasteiger partial charge in [-0.2, -0.15) is 0 Å². The van der Waals surface area contributed by atoms with Crippen molar-refractivity contribution in [3.8, 4) is 21.5 Å².